The van der Waals surface area contributed by atoms with Crippen molar-refractivity contribution in [2.24, 2.45) is 11.0 Å². The van der Waals surface area contributed by atoms with Crippen molar-refractivity contribution < 1.29 is 22.7 Å². The van der Waals surface area contributed by atoms with E-state index in [1.165, 1.54) is 19.2 Å². The number of alkyl halides is 3. The summed E-state index contributed by atoms with van der Waals surface area (Å²) in [6.07, 6.45) is -3.87. The Morgan fingerprint density at radius 3 is 2.42 bits per heavy atom. The number of rotatable bonds is 6. The van der Waals surface area contributed by atoms with Crippen molar-refractivity contribution in [3.05, 3.63) is 58.7 Å². The second-order valence-electron chi connectivity index (χ2n) is 6.74. The fourth-order valence-electron chi connectivity index (χ4n) is 2.86. The molecule has 0 fully saturated rings. The molecule has 0 saturated carbocycles. The number of nitrogens with zero attached hydrogens (tertiary/aromatic N) is 4. The van der Waals surface area contributed by atoms with Crippen LogP contribution in [0.15, 0.2) is 41.5 Å². The smallest absolute Gasteiger partial charge is 0.473 e. The largest absolute Gasteiger partial charge is 0.496 e. The number of amides is 1. The van der Waals surface area contributed by atoms with Gasteiger partial charge in [0.25, 0.3) is 0 Å². The molecule has 0 saturated heterocycles. The Morgan fingerprint density at radius 2 is 1.87 bits per heavy atom. The van der Waals surface area contributed by atoms with Crippen molar-refractivity contribution in [3.8, 4) is 17.9 Å². The van der Waals surface area contributed by atoms with E-state index in [-0.39, 0.29) is 12.1 Å². The molecular formula is C22H19F3N4O2. The van der Waals surface area contributed by atoms with E-state index in [0.29, 0.717) is 27.4 Å². The van der Waals surface area contributed by atoms with Gasteiger partial charge in [-0.15, -0.1) is 0 Å². The molecular weight excluding hydrogens is 409 g/mol. The van der Waals surface area contributed by atoms with E-state index in [1.54, 1.807) is 38.1 Å². The number of ether oxygens (including phenoxy) is 1. The minimum atomic E-state index is -5.11. The molecule has 160 valence electrons. The molecule has 0 aliphatic heterocycles. The van der Waals surface area contributed by atoms with Gasteiger partial charge in [0, 0.05) is 6.42 Å². The third kappa shape index (κ3) is 5.83. The Bertz CT molecular complexity index is 1070. The van der Waals surface area contributed by atoms with E-state index in [9.17, 15) is 18.0 Å². The number of methoxy groups -OCH3 is 1. The number of benzene rings is 2. The highest BCUT2D eigenvalue weighted by molar-refractivity contribution is 5.99. The molecule has 2 rings (SSSR count). The lowest BCUT2D eigenvalue weighted by Gasteiger charge is -2.20. The number of carbonyl (C=O) groups excluding carboxylic acids is 1. The minimum absolute atomic E-state index is 0.0126. The van der Waals surface area contributed by atoms with Crippen LogP contribution in [-0.4, -0.2) is 25.4 Å². The molecule has 1 amide bonds. The summed E-state index contributed by atoms with van der Waals surface area (Å²) in [5.74, 6) is -2.64. The summed E-state index contributed by atoms with van der Waals surface area (Å²) in [5, 5.41) is 22.0. The zero-order valence-corrected chi connectivity index (χ0v) is 17.1. The molecule has 0 aromatic heterocycles. The molecule has 0 bridgehead atoms. The Labute approximate surface area is 177 Å². The van der Waals surface area contributed by atoms with E-state index < -0.39 is 18.0 Å². The first-order valence-corrected chi connectivity index (χ1v) is 9.09. The predicted octanol–water partition coefficient (Wildman–Crippen LogP) is 4.45. The molecule has 6 nitrogen and oxygen atoms in total. The van der Waals surface area contributed by atoms with Gasteiger partial charge < -0.3 is 4.74 Å². The molecule has 0 spiro atoms. The molecule has 9 heteroatoms. The van der Waals surface area contributed by atoms with Crippen LogP contribution in [0.3, 0.4) is 0 Å². The fraction of sp³-hybridized carbons (Fsp3) is 0.273. The summed E-state index contributed by atoms with van der Waals surface area (Å²) >= 11 is 0. The average Bonchev–Trinajstić information content (AvgIpc) is 2.72. The zero-order valence-electron chi connectivity index (χ0n) is 17.1. The van der Waals surface area contributed by atoms with Gasteiger partial charge in [0.15, 0.2) is 0 Å². The first-order valence-electron chi connectivity index (χ1n) is 9.09. The number of hydrogen-bond donors (Lipinski definition) is 0. The van der Waals surface area contributed by atoms with Gasteiger partial charge in [-0.1, -0.05) is 29.8 Å². The van der Waals surface area contributed by atoms with Crippen molar-refractivity contribution in [2.45, 2.75) is 26.4 Å². The Hall–Kier alpha value is -3.85. The molecule has 2 aromatic rings. The van der Waals surface area contributed by atoms with Crippen LogP contribution in [-0.2, 0) is 11.2 Å². The number of hydrogen-bond acceptors (Lipinski definition) is 5. The van der Waals surface area contributed by atoms with Crippen LogP contribution < -0.4 is 9.75 Å². The van der Waals surface area contributed by atoms with E-state index in [2.05, 4.69) is 5.10 Å². The predicted molar refractivity (Wildman–Crippen MR) is 108 cm³/mol. The molecule has 0 atom stereocenters. The number of nitriles is 2. The van der Waals surface area contributed by atoms with Crippen LogP contribution >= 0.6 is 0 Å². The first kappa shape index (κ1) is 23.4. The number of carbonyl (C=O) groups is 1. The van der Waals surface area contributed by atoms with Crippen molar-refractivity contribution in [1.29, 1.82) is 10.5 Å². The maximum Gasteiger partial charge on any atom is 0.473 e. The quantitative estimate of drug-likeness (QED) is 0.502. The summed E-state index contributed by atoms with van der Waals surface area (Å²) in [4.78, 5) is 12.0. The highest BCUT2D eigenvalue weighted by atomic mass is 19.4. The maximum atomic E-state index is 13.1. The normalized spacial score (nSPS) is 11.3. The SMILES string of the molecule is COc1cc(/C=N/N(C(=O)C(F)(F)F)c2ccc(C)cc2C)ccc1CC(C#N)C#N. The average molecular weight is 428 g/mol. The van der Waals surface area contributed by atoms with Crippen molar-refractivity contribution in [2.75, 3.05) is 12.1 Å². The van der Waals surface area contributed by atoms with Gasteiger partial charge in [-0.25, -0.2) is 0 Å². The van der Waals surface area contributed by atoms with E-state index >= 15 is 0 Å². The highest BCUT2D eigenvalue weighted by Crippen LogP contribution is 2.28. The number of aryl methyl sites for hydroxylation is 2. The zero-order chi connectivity index (χ0) is 23.2. The van der Waals surface area contributed by atoms with Gasteiger partial charge in [0.2, 0.25) is 0 Å². The molecule has 0 radical (unpaired) electrons. The molecule has 0 aliphatic carbocycles. The Kier molecular flexibility index (Phi) is 7.38. The molecule has 0 unspecified atom stereocenters. The molecule has 0 N–H and O–H groups in total. The second-order valence-corrected chi connectivity index (χ2v) is 6.74. The molecule has 31 heavy (non-hydrogen) atoms. The van der Waals surface area contributed by atoms with E-state index in [1.807, 2.05) is 12.1 Å². The van der Waals surface area contributed by atoms with Gasteiger partial charge in [-0.05, 0) is 42.7 Å². The molecule has 0 heterocycles. The lowest BCUT2D eigenvalue weighted by molar-refractivity contribution is -0.170. The van der Waals surface area contributed by atoms with Crippen molar-refractivity contribution in [1.82, 2.24) is 0 Å². The standard InChI is InChI=1S/C22H19F3N4O2/c1-14-4-7-19(15(2)8-14)29(21(30)22(23,24)25)28-13-16-5-6-18(20(10-16)31-3)9-17(11-26)12-27/h4-8,10,13,17H,9H2,1-3H3/b28-13+. The third-order valence-electron chi connectivity index (χ3n) is 4.38. The van der Waals surface area contributed by atoms with Crippen LogP contribution in [0.2, 0.25) is 0 Å². The van der Waals surface area contributed by atoms with E-state index in [4.69, 9.17) is 15.3 Å². The van der Waals surface area contributed by atoms with Crippen LogP contribution in [0.1, 0.15) is 22.3 Å². The molecule has 0 aliphatic rings. The summed E-state index contributed by atoms with van der Waals surface area (Å²) < 4.78 is 44.7. The molecule has 2 aromatic carbocycles. The van der Waals surface area contributed by atoms with Crippen LogP contribution in [0.5, 0.6) is 5.75 Å². The third-order valence-corrected chi connectivity index (χ3v) is 4.38. The lowest BCUT2D eigenvalue weighted by Crippen LogP contribution is -2.38. The topological polar surface area (TPSA) is 89.5 Å². The summed E-state index contributed by atoms with van der Waals surface area (Å²) in [6.45, 7) is 3.38. The maximum absolute atomic E-state index is 13.1. The van der Waals surface area contributed by atoms with Gasteiger partial charge >= 0.3 is 12.1 Å². The Balaban J connectivity index is 2.43. The summed E-state index contributed by atoms with van der Waals surface area (Å²) in [6, 6.07) is 13.0. The van der Waals surface area contributed by atoms with Crippen molar-refractivity contribution in [3.63, 3.8) is 0 Å². The number of hydrazone groups is 1. The van der Waals surface area contributed by atoms with Crippen LogP contribution in [0.25, 0.3) is 0 Å². The fourth-order valence-corrected chi connectivity index (χ4v) is 2.86. The van der Waals surface area contributed by atoms with Crippen LogP contribution in [0, 0.1) is 42.4 Å². The minimum Gasteiger partial charge on any atom is -0.496 e. The first-order chi connectivity index (χ1) is 14.6. The second kappa shape index (κ2) is 9.77. The number of halogens is 3. The van der Waals surface area contributed by atoms with Gasteiger partial charge in [-0.3, -0.25) is 4.79 Å². The van der Waals surface area contributed by atoms with Crippen LogP contribution in [0.4, 0.5) is 18.9 Å². The lowest BCUT2D eigenvalue weighted by atomic mass is 10.00. The summed E-state index contributed by atoms with van der Waals surface area (Å²) in [7, 11) is 1.39. The highest BCUT2D eigenvalue weighted by Gasteiger charge is 2.43. The van der Waals surface area contributed by atoms with E-state index in [0.717, 1.165) is 11.8 Å². The van der Waals surface area contributed by atoms with Gasteiger partial charge in [0.1, 0.15) is 11.7 Å². The van der Waals surface area contributed by atoms with Crippen molar-refractivity contribution >= 4 is 17.8 Å². The monoisotopic (exact) mass is 428 g/mol. The van der Waals surface area contributed by atoms with Gasteiger partial charge in [0.05, 0.1) is 31.2 Å². The number of anilines is 1. The van der Waals surface area contributed by atoms with Gasteiger partial charge in [-0.2, -0.15) is 33.8 Å². The Morgan fingerprint density at radius 1 is 1.19 bits per heavy atom. The summed E-state index contributed by atoms with van der Waals surface area (Å²) in [5.41, 5.74) is 2.26.